The fourth-order valence-corrected chi connectivity index (χ4v) is 2.16. The molecule has 1 aromatic carbocycles. The highest BCUT2D eigenvalue weighted by Gasteiger charge is 2.20. The Bertz CT molecular complexity index is 445. The third-order valence-corrected chi connectivity index (χ3v) is 3.74. The van der Waals surface area contributed by atoms with Crippen LogP contribution in [0.25, 0.3) is 0 Å². The lowest BCUT2D eigenvalue weighted by Crippen LogP contribution is -2.12. The van der Waals surface area contributed by atoms with E-state index in [1.165, 1.54) is 24.0 Å². The van der Waals surface area contributed by atoms with Gasteiger partial charge in [-0.2, -0.15) is 0 Å². The standard InChI is InChI=1S/C16H22O2/c1-11-8-13(3)15(9-12(11)2)16(17)10-18-7-6-14-4-5-14/h8-9,14H,4-7,10H2,1-3H3. The van der Waals surface area contributed by atoms with Crippen molar-refractivity contribution in [3.05, 3.63) is 34.4 Å². The second-order valence-electron chi connectivity index (χ2n) is 5.46. The van der Waals surface area contributed by atoms with Crippen molar-refractivity contribution >= 4 is 5.78 Å². The zero-order valence-electron chi connectivity index (χ0n) is 11.6. The fourth-order valence-electron chi connectivity index (χ4n) is 2.16. The second kappa shape index (κ2) is 5.66. The molecular weight excluding hydrogens is 224 g/mol. The Morgan fingerprint density at radius 1 is 1.17 bits per heavy atom. The van der Waals surface area contributed by atoms with E-state index < -0.39 is 0 Å². The van der Waals surface area contributed by atoms with Gasteiger partial charge in [0.05, 0.1) is 0 Å². The molecule has 0 saturated heterocycles. The highest BCUT2D eigenvalue weighted by atomic mass is 16.5. The number of ether oxygens (including phenoxy) is 1. The molecule has 18 heavy (non-hydrogen) atoms. The van der Waals surface area contributed by atoms with Crippen molar-refractivity contribution in [2.75, 3.05) is 13.2 Å². The van der Waals surface area contributed by atoms with Gasteiger partial charge in [-0.1, -0.05) is 18.9 Å². The van der Waals surface area contributed by atoms with Crippen molar-refractivity contribution in [1.82, 2.24) is 0 Å². The summed E-state index contributed by atoms with van der Waals surface area (Å²) < 4.78 is 5.48. The Morgan fingerprint density at radius 3 is 2.50 bits per heavy atom. The molecule has 2 rings (SSSR count). The van der Waals surface area contributed by atoms with E-state index in [4.69, 9.17) is 4.74 Å². The monoisotopic (exact) mass is 246 g/mol. The van der Waals surface area contributed by atoms with Crippen LogP contribution in [-0.4, -0.2) is 19.0 Å². The average molecular weight is 246 g/mol. The van der Waals surface area contributed by atoms with E-state index >= 15 is 0 Å². The van der Waals surface area contributed by atoms with Gasteiger partial charge in [0.1, 0.15) is 6.61 Å². The van der Waals surface area contributed by atoms with Crippen LogP contribution in [0.2, 0.25) is 0 Å². The molecule has 0 aliphatic heterocycles. The van der Waals surface area contributed by atoms with Gasteiger partial charge in [0.25, 0.3) is 0 Å². The zero-order chi connectivity index (χ0) is 13.1. The van der Waals surface area contributed by atoms with Crippen LogP contribution in [0.15, 0.2) is 12.1 Å². The third-order valence-electron chi connectivity index (χ3n) is 3.74. The Balaban J connectivity index is 1.88. The van der Waals surface area contributed by atoms with E-state index in [1.54, 1.807) is 0 Å². The van der Waals surface area contributed by atoms with E-state index in [0.717, 1.165) is 30.1 Å². The van der Waals surface area contributed by atoms with Crippen molar-refractivity contribution in [2.24, 2.45) is 5.92 Å². The molecule has 98 valence electrons. The summed E-state index contributed by atoms with van der Waals surface area (Å²) in [6.45, 7) is 7.04. The minimum atomic E-state index is 0.103. The Labute approximate surface area is 109 Å². The molecule has 2 heteroatoms. The maximum atomic E-state index is 12.1. The normalized spacial score (nSPS) is 14.8. The van der Waals surface area contributed by atoms with Crippen molar-refractivity contribution in [3.8, 4) is 0 Å². The summed E-state index contributed by atoms with van der Waals surface area (Å²) in [6, 6.07) is 4.06. The van der Waals surface area contributed by atoms with E-state index in [-0.39, 0.29) is 12.4 Å². The summed E-state index contributed by atoms with van der Waals surface area (Å²) in [6.07, 6.45) is 3.79. The second-order valence-corrected chi connectivity index (χ2v) is 5.46. The predicted molar refractivity (Wildman–Crippen MR) is 73.1 cm³/mol. The molecule has 0 amide bonds. The first-order chi connectivity index (χ1) is 8.58. The smallest absolute Gasteiger partial charge is 0.188 e. The number of ketones is 1. The maximum absolute atomic E-state index is 12.1. The average Bonchev–Trinajstić information content (AvgIpc) is 3.13. The van der Waals surface area contributed by atoms with E-state index in [9.17, 15) is 4.79 Å². The number of carbonyl (C=O) groups is 1. The number of benzene rings is 1. The molecule has 1 aliphatic rings. The van der Waals surface area contributed by atoms with Crippen molar-refractivity contribution in [1.29, 1.82) is 0 Å². The molecule has 1 aliphatic carbocycles. The number of hydrogen-bond donors (Lipinski definition) is 0. The van der Waals surface area contributed by atoms with Crippen LogP contribution in [0.5, 0.6) is 0 Å². The molecule has 1 fully saturated rings. The van der Waals surface area contributed by atoms with Gasteiger partial charge < -0.3 is 4.74 Å². The van der Waals surface area contributed by atoms with Gasteiger partial charge in [0.2, 0.25) is 0 Å². The minimum Gasteiger partial charge on any atom is -0.373 e. The summed E-state index contributed by atoms with van der Waals surface area (Å²) in [5.41, 5.74) is 4.26. The first-order valence-corrected chi connectivity index (χ1v) is 6.76. The molecule has 0 atom stereocenters. The number of Topliss-reactive ketones (excluding diaryl/α,β-unsaturated/α-hetero) is 1. The molecule has 1 saturated carbocycles. The summed E-state index contributed by atoms with van der Waals surface area (Å²) in [4.78, 5) is 12.1. The fraction of sp³-hybridized carbons (Fsp3) is 0.562. The van der Waals surface area contributed by atoms with Gasteiger partial charge in [0, 0.05) is 12.2 Å². The van der Waals surface area contributed by atoms with E-state index in [2.05, 4.69) is 13.0 Å². The van der Waals surface area contributed by atoms with E-state index in [0.29, 0.717) is 0 Å². The summed E-state index contributed by atoms with van der Waals surface area (Å²) in [5, 5.41) is 0. The van der Waals surface area contributed by atoms with Gasteiger partial charge in [-0.25, -0.2) is 0 Å². The van der Waals surface area contributed by atoms with Crippen molar-refractivity contribution in [3.63, 3.8) is 0 Å². The molecule has 0 spiro atoms. The van der Waals surface area contributed by atoms with Crippen LogP contribution in [0.4, 0.5) is 0 Å². The Kier molecular flexibility index (Phi) is 4.18. The largest absolute Gasteiger partial charge is 0.373 e. The SMILES string of the molecule is Cc1cc(C)c(C(=O)COCCC2CC2)cc1C. The van der Waals surface area contributed by atoms with Crippen molar-refractivity contribution in [2.45, 2.75) is 40.0 Å². The first-order valence-electron chi connectivity index (χ1n) is 6.76. The lowest BCUT2D eigenvalue weighted by molar-refractivity contribution is 0.0748. The third kappa shape index (κ3) is 3.42. The molecule has 0 heterocycles. The quantitative estimate of drug-likeness (QED) is 0.566. The van der Waals surface area contributed by atoms with Gasteiger partial charge >= 0.3 is 0 Å². The summed E-state index contributed by atoms with van der Waals surface area (Å²) in [5.74, 6) is 0.967. The highest BCUT2D eigenvalue weighted by Crippen LogP contribution is 2.32. The summed E-state index contributed by atoms with van der Waals surface area (Å²) >= 11 is 0. The number of carbonyl (C=O) groups excluding carboxylic acids is 1. The maximum Gasteiger partial charge on any atom is 0.188 e. The lowest BCUT2D eigenvalue weighted by atomic mass is 9.98. The van der Waals surface area contributed by atoms with Gasteiger partial charge in [-0.05, 0) is 55.9 Å². The molecule has 2 nitrogen and oxygen atoms in total. The first kappa shape index (κ1) is 13.3. The van der Waals surface area contributed by atoms with Gasteiger partial charge in [-0.3, -0.25) is 4.79 Å². The Hall–Kier alpha value is -1.15. The molecule has 0 radical (unpaired) electrons. The lowest BCUT2D eigenvalue weighted by Gasteiger charge is -2.09. The van der Waals surface area contributed by atoms with Crippen LogP contribution >= 0.6 is 0 Å². The van der Waals surface area contributed by atoms with Gasteiger partial charge in [-0.15, -0.1) is 0 Å². The molecule has 0 N–H and O–H groups in total. The summed E-state index contributed by atoms with van der Waals surface area (Å²) in [7, 11) is 0. The van der Waals surface area contributed by atoms with Crippen LogP contribution in [-0.2, 0) is 4.74 Å². The van der Waals surface area contributed by atoms with Crippen LogP contribution in [0, 0.1) is 26.7 Å². The minimum absolute atomic E-state index is 0.103. The number of aryl methyl sites for hydroxylation is 3. The van der Waals surface area contributed by atoms with Crippen LogP contribution in [0.3, 0.4) is 0 Å². The number of hydrogen-bond acceptors (Lipinski definition) is 2. The number of rotatable bonds is 6. The van der Waals surface area contributed by atoms with Crippen LogP contribution < -0.4 is 0 Å². The van der Waals surface area contributed by atoms with Gasteiger partial charge in [0.15, 0.2) is 5.78 Å². The Morgan fingerprint density at radius 2 is 1.83 bits per heavy atom. The molecule has 1 aromatic rings. The predicted octanol–water partition coefficient (Wildman–Crippen LogP) is 3.61. The molecule has 0 bridgehead atoms. The molecular formula is C16H22O2. The van der Waals surface area contributed by atoms with Crippen molar-refractivity contribution < 1.29 is 9.53 Å². The molecule has 0 unspecified atom stereocenters. The highest BCUT2D eigenvalue weighted by molar-refractivity contribution is 5.98. The topological polar surface area (TPSA) is 26.3 Å². The zero-order valence-corrected chi connectivity index (χ0v) is 11.6. The van der Waals surface area contributed by atoms with Crippen LogP contribution in [0.1, 0.15) is 46.3 Å². The molecule has 0 aromatic heterocycles. The van der Waals surface area contributed by atoms with E-state index in [1.807, 2.05) is 19.9 Å².